The lowest BCUT2D eigenvalue weighted by Gasteiger charge is -2.67. The van der Waals surface area contributed by atoms with Crippen molar-refractivity contribution in [2.45, 2.75) is 147 Å². The van der Waals surface area contributed by atoms with Gasteiger partial charge in [0.25, 0.3) is 0 Å². The molecule has 4 N–H and O–H groups in total. The molecule has 2 heterocycles. The first-order valence-electron chi connectivity index (χ1n) is 25.6. The van der Waals surface area contributed by atoms with Crippen molar-refractivity contribution in [1.82, 2.24) is 10.2 Å². The average Bonchev–Trinajstić information content (AvgIpc) is 3.37. The van der Waals surface area contributed by atoms with Gasteiger partial charge in [-0.1, -0.05) is 92.7 Å². The van der Waals surface area contributed by atoms with Crippen molar-refractivity contribution in [1.29, 1.82) is 0 Å². The smallest absolute Gasteiger partial charge is 0.410 e. The highest BCUT2D eigenvalue weighted by molar-refractivity contribution is 5.94. The van der Waals surface area contributed by atoms with Gasteiger partial charge >= 0.3 is 36.1 Å². The van der Waals surface area contributed by atoms with Crippen molar-refractivity contribution in [2.75, 3.05) is 19.7 Å². The van der Waals surface area contributed by atoms with Crippen molar-refractivity contribution < 1.29 is 82.0 Å². The second-order valence-electron chi connectivity index (χ2n) is 22.3. The molecule has 19 heteroatoms. The maximum atomic E-state index is 15.3. The van der Waals surface area contributed by atoms with Crippen LogP contribution < -0.4 is 5.32 Å². The van der Waals surface area contributed by atoms with Crippen LogP contribution in [0.1, 0.15) is 109 Å². The van der Waals surface area contributed by atoms with E-state index in [1.807, 2.05) is 30.3 Å². The number of fused-ring (bicyclic) bond motifs is 5. The third-order valence-corrected chi connectivity index (χ3v) is 16.1. The summed E-state index contributed by atoms with van der Waals surface area (Å²) in [6, 6.07) is 23.6. The summed E-state index contributed by atoms with van der Waals surface area (Å²) >= 11 is 0. The van der Waals surface area contributed by atoms with Crippen LogP contribution in [0.15, 0.2) is 102 Å². The summed E-state index contributed by atoms with van der Waals surface area (Å²) < 4.78 is 42.1. The lowest BCUT2D eigenvalue weighted by molar-refractivity contribution is -0.346. The molecule has 76 heavy (non-hydrogen) atoms. The zero-order valence-corrected chi connectivity index (χ0v) is 44.0. The minimum atomic E-state index is -2.45. The normalized spacial score (nSPS) is 29.8. The second kappa shape index (κ2) is 21.4. The maximum absolute atomic E-state index is 15.3. The van der Waals surface area contributed by atoms with Crippen molar-refractivity contribution in [3.05, 3.63) is 119 Å². The number of Topliss-reactive ketones (excluding diaryl/α,β-unsaturated/α-hetero) is 1. The van der Waals surface area contributed by atoms with Crippen molar-refractivity contribution in [3.63, 3.8) is 0 Å². The van der Waals surface area contributed by atoms with E-state index in [1.165, 1.54) is 44.7 Å². The summed E-state index contributed by atoms with van der Waals surface area (Å²) in [7, 11) is 0. The van der Waals surface area contributed by atoms with E-state index in [2.05, 4.69) is 5.32 Å². The van der Waals surface area contributed by atoms with Gasteiger partial charge in [-0.3, -0.25) is 14.4 Å². The van der Waals surface area contributed by atoms with Crippen LogP contribution in [0.25, 0.3) is 0 Å². The molecule has 11 atom stereocenters. The number of nitrogens with zero attached hydrogens (tertiary/aromatic N) is 1. The third-order valence-electron chi connectivity index (χ3n) is 16.1. The Labute approximate surface area is 441 Å². The van der Waals surface area contributed by atoms with Crippen LogP contribution in [-0.4, -0.2) is 135 Å². The maximum Gasteiger partial charge on any atom is 0.410 e. The van der Waals surface area contributed by atoms with Gasteiger partial charge < -0.3 is 58.7 Å². The Morgan fingerprint density at radius 3 is 2.05 bits per heavy atom. The number of likely N-dealkylation sites (tertiary alicyclic amines) is 1. The summed E-state index contributed by atoms with van der Waals surface area (Å²) in [6.45, 7) is 12.0. The average molecular weight is 1050 g/mol. The lowest BCUT2D eigenvalue weighted by Crippen LogP contribution is -2.81. The van der Waals surface area contributed by atoms with E-state index in [9.17, 15) is 39.3 Å². The molecule has 2 bridgehead atoms. The Morgan fingerprint density at radius 1 is 0.868 bits per heavy atom. The van der Waals surface area contributed by atoms with Gasteiger partial charge in [-0.15, -0.1) is 0 Å². The molecular weight excluding hydrogens is 985 g/mol. The Hall–Kier alpha value is -6.67. The minimum absolute atomic E-state index is 0.0470. The number of benzene rings is 3. The van der Waals surface area contributed by atoms with E-state index < -0.39 is 130 Å². The second-order valence-corrected chi connectivity index (χ2v) is 22.3. The molecule has 408 valence electrons. The predicted molar refractivity (Wildman–Crippen MR) is 268 cm³/mol. The van der Waals surface area contributed by atoms with E-state index in [0.717, 1.165) is 12.5 Å². The summed E-state index contributed by atoms with van der Waals surface area (Å²) in [5.41, 5.74) is -7.93. The van der Waals surface area contributed by atoms with Crippen LogP contribution >= 0.6 is 0 Å². The number of hydrogen-bond acceptors (Lipinski definition) is 17. The number of piperidine rings is 1. The Kier molecular flexibility index (Phi) is 15.6. The van der Waals surface area contributed by atoms with Crippen LogP contribution in [0.5, 0.6) is 0 Å². The molecule has 2 amide bonds. The molecule has 0 aromatic heterocycles. The zero-order valence-electron chi connectivity index (χ0n) is 44.0. The van der Waals surface area contributed by atoms with Gasteiger partial charge in [-0.25, -0.2) is 19.2 Å². The first kappa shape index (κ1) is 55.6. The summed E-state index contributed by atoms with van der Waals surface area (Å²) in [5, 5.41) is 41.1. The summed E-state index contributed by atoms with van der Waals surface area (Å²) in [4.78, 5) is 101. The van der Waals surface area contributed by atoms with Crippen LogP contribution in [0.3, 0.4) is 0 Å². The van der Waals surface area contributed by atoms with E-state index in [4.69, 9.17) is 33.2 Å². The molecule has 0 radical (unpaired) electrons. The zero-order chi connectivity index (χ0) is 55.1. The number of nitrogens with one attached hydrogen (secondary N) is 1. The minimum Gasteiger partial charge on any atom is -0.455 e. The fourth-order valence-electron chi connectivity index (χ4n) is 12.0. The van der Waals surface area contributed by atoms with E-state index in [0.29, 0.717) is 5.56 Å². The van der Waals surface area contributed by atoms with Gasteiger partial charge in [0.15, 0.2) is 11.4 Å². The number of hydrogen-bond donors (Lipinski definition) is 4. The number of carbonyl (C=O) groups is 7. The largest absolute Gasteiger partial charge is 0.455 e. The molecule has 5 aliphatic rings. The summed E-state index contributed by atoms with van der Waals surface area (Å²) in [6.07, 6.45) is -12.3. The number of esters is 4. The number of ketones is 1. The van der Waals surface area contributed by atoms with Gasteiger partial charge in [-0.2, -0.15) is 0 Å². The molecule has 0 spiro atoms. The Balaban J connectivity index is 1.18. The van der Waals surface area contributed by atoms with Crippen LogP contribution in [0.2, 0.25) is 0 Å². The Bertz CT molecular complexity index is 2720. The number of amides is 2. The SMILES string of the molecule is CC(=O)O[C@@]12CO[C@@H]1C[C@H](O)[C@@]1(C)C(=O)[C@H](O)C3=C(C)[C@@H](OC(=O)[C@H](OC(=O)C4CCN(C(=O)OCc5ccccc5)CC4)[C@@H](NC(=O)OC(C)(C)C)c4ccccc4)C[C@@](O)([C@@H](OC(=O)c4ccccc4)C12)C3(C)C. The van der Waals surface area contributed by atoms with Crippen LogP contribution in [0, 0.1) is 22.7 Å². The number of alkyl carbamates (subject to hydrolysis) is 1. The highest BCUT2D eigenvalue weighted by atomic mass is 16.6. The van der Waals surface area contributed by atoms with Crippen molar-refractivity contribution >= 4 is 41.8 Å². The van der Waals surface area contributed by atoms with E-state index >= 15 is 9.59 Å². The molecule has 2 aliphatic heterocycles. The molecular formula is C57H68N2O17. The van der Waals surface area contributed by atoms with Crippen molar-refractivity contribution in [2.24, 2.45) is 22.7 Å². The highest BCUT2D eigenvalue weighted by Crippen LogP contribution is 2.64. The molecule has 1 unspecified atom stereocenters. The molecule has 3 aromatic carbocycles. The third kappa shape index (κ3) is 10.5. The first-order chi connectivity index (χ1) is 35.8. The summed E-state index contributed by atoms with van der Waals surface area (Å²) in [5.74, 6) is -7.23. The number of aliphatic hydroxyl groups is 3. The van der Waals surface area contributed by atoms with Crippen LogP contribution in [0.4, 0.5) is 9.59 Å². The van der Waals surface area contributed by atoms with Gasteiger partial charge in [-0.05, 0) is 81.9 Å². The fourth-order valence-corrected chi connectivity index (χ4v) is 12.0. The number of carbonyl (C=O) groups excluding carboxylic acids is 7. The molecule has 3 aromatic rings. The molecule has 2 saturated carbocycles. The molecule has 8 rings (SSSR count). The Morgan fingerprint density at radius 2 is 1.47 bits per heavy atom. The first-order valence-corrected chi connectivity index (χ1v) is 25.6. The monoisotopic (exact) mass is 1050 g/mol. The number of ether oxygens (including phenoxy) is 7. The van der Waals surface area contributed by atoms with Gasteiger partial charge in [0.2, 0.25) is 6.10 Å². The topological polar surface area (TPSA) is 260 Å². The standard InChI is InChI=1S/C57H68N2O17/c1-32-38(29-57(69)47(74-49(65)36-22-16-11-17-23-36)45-55(8,46(63)43(62)41(32)54(57,6)7)39(61)28-40-56(45,31-71-40)75-33(2)60)72-50(66)44(42(35-20-14-10-15-21-35)58-51(67)76-53(3,4)5)73-48(64)37-24-26-59(27-25-37)52(68)70-30-34-18-12-9-13-19-34/h9-23,37-40,42-45,47,61-62,69H,24-31H2,1-8H3,(H,58,67)/t38-,39-,40+,42-,43+,44+,45?,47-,55+,56-,57+/m0/s1. The van der Waals surface area contributed by atoms with E-state index in [-0.39, 0.29) is 62.3 Å². The molecule has 4 fully saturated rings. The molecule has 3 aliphatic carbocycles. The molecule has 19 nitrogen and oxygen atoms in total. The van der Waals surface area contributed by atoms with Gasteiger partial charge in [0.1, 0.15) is 48.3 Å². The number of rotatable bonds is 12. The quantitative estimate of drug-likeness (QED) is 0.0941. The molecule has 2 saturated heterocycles. The fraction of sp³-hybridized carbons (Fsp3) is 0.526. The van der Waals surface area contributed by atoms with Gasteiger partial charge in [0.05, 0.1) is 35.5 Å². The lowest BCUT2D eigenvalue weighted by atomic mass is 9.44. The van der Waals surface area contributed by atoms with Crippen LogP contribution in [-0.2, 0) is 58.9 Å². The van der Waals surface area contributed by atoms with Gasteiger partial charge in [0, 0.05) is 38.3 Å². The highest BCUT2D eigenvalue weighted by Gasteiger charge is 2.78. The van der Waals surface area contributed by atoms with E-state index in [1.54, 1.807) is 69.3 Å². The van der Waals surface area contributed by atoms with Crippen molar-refractivity contribution in [3.8, 4) is 0 Å². The number of aliphatic hydroxyl groups excluding tert-OH is 2. The predicted octanol–water partition coefficient (Wildman–Crippen LogP) is 5.86.